The van der Waals surface area contributed by atoms with E-state index >= 15 is 0 Å². The summed E-state index contributed by atoms with van der Waals surface area (Å²) in [5, 5.41) is 6.86. The van der Waals surface area contributed by atoms with E-state index in [9.17, 15) is 4.79 Å². The van der Waals surface area contributed by atoms with E-state index in [4.69, 9.17) is 21.1 Å². The van der Waals surface area contributed by atoms with Gasteiger partial charge in [0.2, 0.25) is 5.91 Å². The van der Waals surface area contributed by atoms with E-state index in [2.05, 4.69) is 10.6 Å². The third-order valence-electron chi connectivity index (χ3n) is 3.88. The van der Waals surface area contributed by atoms with Gasteiger partial charge in [-0.3, -0.25) is 4.79 Å². The molecule has 4 atom stereocenters. The van der Waals surface area contributed by atoms with Gasteiger partial charge in [-0.1, -0.05) is 23.7 Å². The first-order valence-electron chi connectivity index (χ1n) is 7.46. The number of ether oxygens (including phenoxy) is 2. The van der Waals surface area contributed by atoms with Crippen molar-refractivity contribution in [3.8, 4) is 0 Å². The van der Waals surface area contributed by atoms with E-state index in [1.54, 1.807) is 7.11 Å². The molecule has 1 aliphatic heterocycles. The molecule has 0 radical (unpaired) electrons. The molecule has 0 saturated carbocycles. The van der Waals surface area contributed by atoms with Gasteiger partial charge in [-0.05, 0) is 31.5 Å². The van der Waals surface area contributed by atoms with Crippen molar-refractivity contribution in [2.45, 2.75) is 38.1 Å². The highest BCUT2D eigenvalue weighted by molar-refractivity contribution is 6.30. The van der Waals surface area contributed by atoms with Crippen molar-refractivity contribution in [1.82, 2.24) is 10.6 Å². The maximum atomic E-state index is 12.4. The monoisotopic (exact) mass is 326 g/mol. The van der Waals surface area contributed by atoms with Crippen LogP contribution in [0.5, 0.6) is 0 Å². The predicted molar refractivity (Wildman–Crippen MR) is 86.0 cm³/mol. The van der Waals surface area contributed by atoms with E-state index in [1.807, 2.05) is 38.1 Å². The Balaban J connectivity index is 2.00. The molecule has 1 aromatic carbocycles. The summed E-state index contributed by atoms with van der Waals surface area (Å²) in [6, 6.07) is 6.94. The summed E-state index contributed by atoms with van der Waals surface area (Å²) >= 11 is 5.91. The van der Waals surface area contributed by atoms with Crippen LogP contribution >= 0.6 is 11.6 Å². The average molecular weight is 327 g/mol. The second-order valence-electron chi connectivity index (χ2n) is 5.51. The van der Waals surface area contributed by atoms with E-state index in [1.165, 1.54) is 0 Å². The molecule has 1 fully saturated rings. The first-order valence-corrected chi connectivity index (χ1v) is 7.84. The molecule has 2 unspecified atom stereocenters. The molecule has 0 bridgehead atoms. The lowest BCUT2D eigenvalue weighted by atomic mass is 10.0. The maximum absolute atomic E-state index is 12.4. The highest BCUT2D eigenvalue weighted by Gasteiger charge is 2.30. The third-order valence-corrected chi connectivity index (χ3v) is 4.13. The Morgan fingerprint density at radius 3 is 2.73 bits per heavy atom. The average Bonchev–Trinajstić information content (AvgIpc) is 2.50. The van der Waals surface area contributed by atoms with Crippen LogP contribution in [0, 0.1) is 0 Å². The second-order valence-corrected chi connectivity index (χ2v) is 5.95. The molecule has 1 aromatic rings. The third kappa shape index (κ3) is 4.20. The molecule has 0 aliphatic carbocycles. The van der Waals surface area contributed by atoms with Crippen LogP contribution in [0.3, 0.4) is 0 Å². The van der Waals surface area contributed by atoms with E-state index in [0.717, 1.165) is 5.56 Å². The summed E-state index contributed by atoms with van der Waals surface area (Å²) < 4.78 is 11.1. The highest BCUT2D eigenvalue weighted by Crippen LogP contribution is 2.22. The summed E-state index contributed by atoms with van der Waals surface area (Å²) in [4.78, 5) is 12.4. The van der Waals surface area contributed by atoms with Crippen LogP contribution < -0.4 is 10.6 Å². The van der Waals surface area contributed by atoms with Crippen LogP contribution in [0.4, 0.5) is 0 Å². The van der Waals surface area contributed by atoms with Gasteiger partial charge in [-0.15, -0.1) is 0 Å². The molecule has 122 valence electrons. The van der Waals surface area contributed by atoms with Crippen molar-refractivity contribution >= 4 is 17.5 Å². The van der Waals surface area contributed by atoms with Gasteiger partial charge in [-0.25, -0.2) is 0 Å². The van der Waals surface area contributed by atoms with Gasteiger partial charge in [0.15, 0.2) is 0 Å². The van der Waals surface area contributed by atoms with Crippen molar-refractivity contribution in [3.05, 3.63) is 34.9 Å². The number of hydrogen-bond acceptors (Lipinski definition) is 4. The molecule has 2 N–H and O–H groups in total. The van der Waals surface area contributed by atoms with Crippen molar-refractivity contribution < 1.29 is 14.3 Å². The number of halogens is 1. The van der Waals surface area contributed by atoms with Crippen LogP contribution in [-0.2, 0) is 14.3 Å². The van der Waals surface area contributed by atoms with Crippen LogP contribution in [0.25, 0.3) is 0 Å². The van der Waals surface area contributed by atoms with Crippen molar-refractivity contribution in [1.29, 1.82) is 0 Å². The molecule has 2 rings (SSSR count). The van der Waals surface area contributed by atoms with E-state index in [-0.39, 0.29) is 30.2 Å². The first-order chi connectivity index (χ1) is 10.5. The number of nitrogens with one attached hydrogen (secondary N) is 2. The quantitative estimate of drug-likeness (QED) is 0.868. The summed E-state index contributed by atoms with van der Waals surface area (Å²) in [5.41, 5.74) is 0.973. The minimum Gasteiger partial charge on any atom is -0.375 e. The van der Waals surface area contributed by atoms with Gasteiger partial charge in [0, 0.05) is 18.7 Å². The van der Waals surface area contributed by atoms with Gasteiger partial charge < -0.3 is 20.1 Å². The Bertz CT molecular complexity index is 495. The predicted octanol–water partition coefficient (Wildman–Crippen LogP) is 1.91. The summed E-state index contributed by atoms with van der Waals surface area (Å²) in [7, 11) is 1.63. The van der Waals surface area contributed by atoms with Gasteiger partial charge >= 0.3 is 0 Å². The fourth-order valence-corrected chi connectivity index (χ4v) is 2.82. The number of carbonyl (C=O) groups is 1. The number of rotatable bonds is 5. The Kier molecular flexibility index (Phi) is 6.20. The molecule has 1 saturated heterocycles. The van der Waals surface area contributed by atoms with Gasteiger partial charge in [0.05, 0.1) is 18.8 Å². The normalized spacial score (nSPS) is 24.5. The summed E-state index contributed by atoms with van der Waals surface area (Å²) in [6.45, 7) is 5.14. The lowest BCUT2D eigenvalue weighted by Gasteiger charge is -2.31. The standard InChI is InChI=1S/C16H23ClN2O3/c1-10(15(21-3)12-4-6-13(17)7-5-12)19-16(20)14-11(2)22-9-8-18-14/h4-7,10-11,14-15,18H,8-9H2,1-3H3,(H,19,20)/t10?,11-,14+,15?/m1/s1. The molecular formula is C16H23ClN2O3. The minimum atomic E-state index is -0.334. The van der Waals surface area contributed by atoms with Crippen LogP contribution in [-0.4, -0.2) is 44.4 Å². The SMILES string of the molecule is COC(c1ccc(Cl)cc1)C(C)NC(=O)[C@H]1NCCO[C@@H]1C. The van der Waals surface area contributed by atoms with Crippen molar-refractivity contribution in [2.24, 2.45) is 0 Å². The topological polar surface area (TPSA) is 59.6 Å². The number of hydrogen-bond donors (Lipinski definition) is 2. The lowest BCUT2D eigenvalue weighted by molar-refractivity contribution is -0.130. The van der Waals surface area contributed by atoms with Gasteiger partial charge in [0.1, 0.15) is 12.1 Å². The molecular weight excluding hydrogens is 304 g/mol. The van der Waals surface area contributed by atoms with Crippen molar-refractivity contribution in [3.63, 3.8) is 0 Å². The Labute approximate surface area is 136 Å². The number of amides is 1. The van der Waals surface area contributed by atoms with E-state index < -0.39 is 0 Å². The second kappa shape index (κ2) is 7.92. The Hall–Kier alpha value is -1.14. The molecule has 5 nitrogen and oxygen atoms in total. The lowest BCUT2D eigenvalue weighted by Crippen LogP contribution is -2.57. The zero-order valence-electron chi connectivity index (χ0n) is 13.1. The fraction of sp³-hybridized carbons (Fsp3) is 0.562. The zero-order valence-corrected chi connectivity index (χ0v) is 13.9. The number of benzene rings is 1. The highest BCUT2D eigenvalue weighted by atomic mass is 35.5. The zero-order chi connectivity index (χ0) is 16.1. The van der Waals surface area contributed by atoms with Crippen LogP contribution in [0.2, 0.25) is 5.02 Å². The summed E-state index contributed by atoms with van der Waals surface area (Å²) in [6.07, 6.45) is -0.376. The molecule has 1 aliphatic rings. The summed E-state index contributed by atoms with van der Waals surface area (Å²) in [5.74, 6) is -0.0734. The number of methoxy groups -OCH3 is 1. The Morgan fingerprint density at radius 1 is 1.45 bits per heavy atom. The molecule has 6 heteroatoms. The number of morpholine rings is 1. The fourth-order valence-electron chi connectivity index (χ4n) is 2.70. The molecule has 0 aromatic heterocycles. The van der Waals surface area contributed by atoms with Gasteiger partial charge in [0.25, 0.3) is 0 Å². The molecule has 0 spiro atoms. The maximum Gasteiger partial charge on any atom is 0.240 e. The van der Waals surface area contributed by atoms with Crippen LogP contribution in [0.1, 0.15) is 25.5 Å². The van der Waals surface area contributed by atoms with Crippen LogP contribution in [0.15, 0.2) is 24.3 Å². The largest absolute Gasteiger partial charge is 0.375 e. The van der Waals surface area contributed by atoms with E-state index in [0.29, 0.717) is 18.2 Å². The minimum absolute atomic E-state index is 0.0734. The number of carbonyl (C=O) groups excluding carboxylic acids is 1. The molecule has 22 heavy (non-hydrogen) atoms. The van der Waals surface area contributed by atoms with Gasteiger partial charge in [-0.2, -0.15) is 0 Å². The molecule has 1 amide bonds. The Morgan fingerprint density at radius 2 is 2.14 bits per heavy atom. The first kappa shape index (κ1) is 17.2. The van der Waals surface area contributed by atoms with Crippen molar-refractivity contribution in [2.75, 3.05) is 20.3 Å². The smallest absolute Gasteiger partial charge is 0.240 e. The molecule has 1 heterocycles.